The SMILES string of the molecule is CC(=O)c1cccc(NC(=O)C[NH+](C)Cc2ccco2)c1. The molecule has 0 bridgehead atoms. The summed E-state index contributed by atoms with van der Waals surface area (Å²) in [6.45, 7) is 2.47. The van der Waals surface area contributed by atoms with Crippen molar-refractivity contribution in [1.82, 2.24) is 0 Å². The molecule has 2 rings (SSSR count). The van der Waals surface area contributed by atoms with Gasteiger partial charge in [-0.1, -0.05) is 12.1 Å². The summed E-state index contributed by atoms with van der Waals surface area (Å²) in [6, 6.07) is 10.7. The summed E-state index contributed by atoms with van der Waals surface area (Å²) >= 11 is 0. The van der Waals surface area contributed by atoms with Crippen LogP contribution in [-0.4, -0.2) is 25.3 Å². The third kappa shape index (κ3) is 4.57. The van der Waals surface area contributed by atoms with Gasteiger partial charge >= 0.3 is 0 Å². The predicted octanol–water partition coefficient (Wildman–Crippen LogP) is 1.14. The minimum atomic E-state index is -0.0974. The van der Waals surface area contributed by atoms with Crippen LogP contribution in [0.4, 0.5) is 5.69 Å². The van der Waals surface area contributed by atoms with Gasteiger partial charge in [-0.15, -0.1) is 0 Å². The minimum Gasteiger partial charge on any atom is -0.463 e. The first-order valence-corrected chi connectivity index (χ1v) is 6.79. The normalized spacial score (nSPS) is 11.9. The summed E-state index contributed by atoms with van der Waals surface area (Å²) in [5.74, 6) is 0.727. The summed E-state index contributed by atoms with van der Waals surface area (Å²) in [5.41, 5.74) is 1.22. The van der Waals surface area contributed by atoms with Crippen molar-refractivity contribution < 1.29 is 18.9 Å². The van der Waals surface area contributed by atoms with Crippen LogP contribution >= 0.6 is 0 Å². The lowest BCUT2D eigenvalue weighted by Crippen LogP contribution is -3.08. The number of benzene rings is 1. The zero-order chi connectivity index (χ0) is 15.2. The molecule has 2 aromatic rings. The fourth-order valence-corrected chi connectivity index (χ4v) is 2.07. The highest BCUT2D eigenvalue weighted by Crippen LogP contribution is 2.10. The lowest BCUT2D eigenvalue weighted by Gasteiger charge is -2.12. The van der Waals surface area contributed by atoms with Crippen LogP contribution in [0.2, 0.25) is 0 Å². The molecule has 0 saturated heterocycles. The third-order valence-electron chi connectivity index (χ3n) is 3.07. The molecule has 1 aromatic carbocycles. The lowest BCUT2D eigenvalue weighted by molar-refractivity contribution is -0.886. The van der Waals surface area contributed by atoms with Gasteiger partial charge < -0.3 is 14.6 Å². The zero-order valence-corrected chi connectivity index (χ0v) is 12.2. The molecule has 0 aliphatic rings. The van der Waals surface area contributed by atoms with Crippen molar-refractivity contribution in [2.24, 2.45) is 0 Å². The standard InChI is InChI=1S/C16H18N2O3/c1-12(19)13-5-3-6-14(9-13)17-16(20)11-18(2)10-15-7-4-8-21-15/h3-9H,10-11H2,1-2H3,(H,17,20)/p+1. The van der Waals surface area contributed by atoms with Crippen molar-refractivity contribution in [3.63, 3.8) is 0 Å². The average molecular weight is 287 g/mol. The summed E-state index contributed by atoms with van der Waals surface area (Å²) in [5, 5.41) is 2.81. The van der Waals surface area contributed by atoms with Crippen LogP contribution < -0.4 is 10.2 Å². The highest BCUT2D eigenvalue weighted by atomic mass is 16.3. The van der Waals surface area contributed by atoms with Crippen LogP contribution in [0.15, 0.2) is 47.1 Å². The number of quaternary nitrogens is 1. The summed E-state index contributed by atoms with van der Waals surface area (Å²) < 4.78 is 5.26. The van der Waals surface area contributed by atoms with Gasteiger partial charge in [-0.05, 0) is 31.2 Å². The van der Waals surface area contributed by atoms with E-state index in [1.54, 1.807) is 30.5 Å². The van der Waals surface area contributed by atoms with Crippen molar-refractivity contribution in [3.8, 4) is 0 Å². The Bertz CT molecular complexity index is 620. The quantitative estimate of drug-likeness (QED) is 0.783. The van der Waals surface area contributed by atoms with E-state index in [0.717, 1.165) is 10.7 Å². The third-order valence-corrected chi connectivity index (χ3v) is 3.07. The highest BCUT2D eigenvalue weighted by molar-refractivity contribution is 5.97. The maximum Gasteiger partial charge on any atom is 0.279 e. The molecule has 0 aliphatic heterocycles. The molecule has 1 amide bonds. The van der Waals surface area contributed by atoms with Crippen LogP contribution in [0.1, 0.15) is 23.0 Å². The van der Waals surface area contributed by atoms with Gasteiger partial charge in [0.05, 0.1) is 13.3 Å². The van der Waals surface area contributed by atoms with Crippen molar-refractivity contribution >= 4 is 17.4 Å². The molecule has 1 atom stereocenters. The summed E-state index contributed by atoms with van der Waals surface area (Å²) in [4.78, 5) is 24.3. The van der Waals surface area contributed by atoms with Gasteiger partial charge in [0, 0.05) is 11.3 Å². The van der Waals surface area contributed by atoms with E-state index in [-0.39, 0.29) is 11.7 Å². The van der Waals surface area contributed by atoms with Crippen molar-refractivity contribution in [3.05, 3.63) is 54.0 Å². The van der Waals surface area contributed by atoms with Gasteiger partial charge in [0.2, 0.25) is 0 Å². The van der Waals surface area contributed by atoms with E-state index in [2.05, 4.69) is 5.32 Å². The Labute approximate surface area is 123 Å². The number of nitrogens with one attached hydrogen (secondary N) is 2. The first-order valence-electron chi connectivity index (χ1n) is 6.79. The van der Waals surface area contributed by atoms with Crippen LogP contribution in [-0.2, 0) is 11.3 Å². The van der Waals surface area contributed by atoms with E-state index in [9.17, 15) is 9.59 Å². The zero-order valence-electron chi connectivity index (χ0n) is 12.2. The van der Waals surface area contributed by atoms with Crippen LogP contribution in [0.5, 0.6) is 0 Å². The lowest BCUT2D eigenvalue weighted by atomic mass is 10.1. The van der Waals surface area contributed by atoms with Gasteiger partial charge in [-0.2, -0.15) is 0 Å². The molecule has 1 heterocycles. The largest absolute Gasteiger partial charge is 0.463 e. The van der Waals surface area contributed by atoms with E-state index >= 15 is 0 Å². The smallest absolute Gasteiger partial charge is 0.279 e. The number of carbonyl (C=O) groups excluding carboxylic acids is 2. The molecule has 1 unspecified atom stereocenters. The fourth-order valence-electron chi connectivity index (χ4n) is 2.07. The maximum absolute atomic E-state index is 12.0. The number of likely N-dealkylation sites (N-methyl/N-ethyl adjacent to an activating group) is 1. The molecule has 5 heteroatoms. The molecular formula is C16H19N2O3+. The van der Waals surface area contributed by atoms with Gasteiger partial charge in [0.15, 0.2) is 18.1 Å². The second-order valence-electron chi connectivity index (χ2n) is 5.08. The Kier molecular flexibility index (Phi) is 4.90. The van der Waals surface area contributed by atoms with Crippen LogP contribution in [0, 0.1) is 0 Å². The highest BCUT2D eigenvalue weighted by Gasteiger charge is 2.12. The molecule has 0 radical (unpaired) electrons. The van der Waals surface area contributed by atoms with Gasteiger partial charge in [0.25, 0.3) is 5.91 Å². The summed E-state index contributed by atoms with van der Waals surface area (Å²) in [7, 11) is 1.92. The average Bonchev–Trinajstić information content (AvgIpc) is 2.91. The Hall–Kier alpha value is -2.40. The van der Waals surface area contributed by atoms with Crippen LogP contribution in [0.25, 0.3) is 0 Å². The molecular weight excluding hydrogens is 268 g/mol. The molecule has 0 spiro atoms. The Balaban J connectivity index is 1.89. The molecule has 0 aliphatic carbocycles. The fraction of sp³-hybridized carbons (Fsp3) is 0.250. The number of carbonyl (C=O) groups is 2. The molecule has 110 valence electrons. The first kappa shape index (κ1) is 15.0. The number of Topliss-reactive ketones (excluding diaryl/α,β-unsaturated/α-hetero) is 1. The van der Waals surface area contributed by atoms with Crippen molar-refractivity contribution in [2.45, 2.75) is 13.5 Å². The van der Waals surface area contributed by atoms with Gasteiger partial charge in [0.1, 0.15) is 6.54 Å². The van der Waals surface area contributed by atoms with E-state index in [4.69, 9.17) is 4.42 Å². The van der Waals surface area contributed by atoms with Crippen molar-refractivity contribution in [2.75, 3.05) is 18.9 Å². The van der Waals surface area contributed by atoms with Gasteiger partial charge in [-0.25, -0.2) is 0 Å². The number of furan rings is 1. The predicted molar refractivity (Wildman–Crippen MR) is 79.2 cm³/mol. The second kappa shape index (κ2) is 6.85. The van der Waals surface area contributed by atoms with Gasteiger partial charge in [-0.3, -0.25) is 9.59 Å². The number of amides is 1. The maximum atomic E-state index is 12.0. The monoisotopic (exact) mass is 287 g/mol. The van der Waals surface area contributed by atoms with E-state index < -0.39 is 0 Å². The Morgan fingerprint density at radius 3 is 2.71 bits per heavy atom. The van der Waals surface area contributed by atoms with Crippen molar-refractivity contribution in [1.29, 1.82) is 0 Å². The molecule has 1 aromatic heterocycles. The minimum absolute atomic E-state index is 0.0216. The Morgan fingerprint density at radius 2 is 2.05 bits per heavy atom. The summed E-state index contributed by atoms with van der Waals surface area (Å²) in [6.07, 6.45) is 1.62. The van der Waals surface area contributed by atoms with E-state index in [0.29, 0.717) is 24.3 Å². The number of anilines is 1. The molecule has 21 heavy (non-hydrogen) atoms. The number of rotatable bonds is 6. The Morgan fingerprint density at radius 1 is 1.24 bits per heavy atom. The molecule has 2 N–H and O–H groups in total. The second-order valence-corrected chi connectivity index (χ2v) is 5.08. The first-order chi connectivity index (χ1) is 10.0. The molecule has 5 nitrogen and oxygen atoms in total. The molecule has 0 saturated carbocycles. The van der Waals surface area contributed by atoms with Crippen LogP contribution in [0.3, 0.4) is 0 Å². The van der Waals surface area contributed by atoms with E-state index in [1.807, 2.05) is 19.2 Å². The number of ketones is 1. The number of hydrogen-bond donors (Lipinski definition) is 2. The topological polar surface area (TPSA) is 63.8 Å². The molecule has 0 fully saturated rings. The number of hydrogen-bond acceptors (Lipinski definition) is 3. The van der Waals surface area contributed by atoms with E-state index in [1.165, 1.54) is 6.92 Å².